The van der Waals surface area contributed by atoms with Crippen LogP contribution >= 0.6 is 11.6 Å². The molecule has 0 saturated carbocycles. The second-order valence-corrected chi connectivity index (χ2v) is 4.65. The van der Waals surface area contributed by atoms with Crippen molar-refractivity contribution >= 4 is 17.3 Å². The van der Waals surface area contributed by atoms with Crippen molar-refractivity contribution < 1.29 is 4.74 Å². The number of hydrogen-bond acceptors (Lipinski definition) is 3. The minimum Gasteiger partial charge on any atom is -0.495 e. The molecule has 4 heteroatoms. The van der Waals surface area contributed by atoms with E-state index in [9.17, 15) is 0 Å². The minimum absolute atomic E-state index is 0.523. The molecule has 1 aliphatic rings. The van der Waals surface area contributed by atoms with E-state index < -0.39 is 0 Å². The maximum absolute atomic E-state index is 6.07. The number of nitrogens with zero attached hydrogens (tertiary/aromatic N) is 1. The Morgan fingerprint density at radius 2 is 2.31 bits per heavy atom. The lowest BCUT2D eigenvalue weighted by atomic mass is 10.2. The number of ether oxygens (including phenoxy) is 1. The Morgan fingerprint density at radius 3 is 2.88 bits per heavy atom. The third-order valence-corrected chi connectivity index (χ3v) is 3.21. The van der Waals surface area contributed by atoms with E-state index in [0.717, 1.165) is 24.5 Å². The van der Waals surface area contributed by atoms with Crippen LogP contribution in [0.15, 0.2) is 18.2 Å². The summed E-state index contributed by atoms with van der Waals surface area (Å²) >= 11 is 6.07. The fraction of sp³-hybridized carbons (Fsp3) is 0.500. The number of nitrogens with one attached hydrogen (secondary N) is 1. The van der Waals surface area contributed by atoms with Gasteiger partial charge in [-0.15, -0.1) is 0 Å². The van der Waals surface area contributed by atoms with Crippen molar-refractivity contribution in [2.24, 2.45) is 0 Å². The van der Waals surface area contributed by atoms with Crippen LogP contribution in [0.3, 0.4) is 0 Å². The average Bonchev–Trinajstić information content (AvgIpc) is 2.64. The van der Waals surface area contributed by atoms with Crippen LogP contribution in [0.2, 0.25) is 5.02 Å². The molecular weight excluding hydrogens is 224 g/mol. The minimum atomic E-state index is 0.523. The molecule has 0 spiro atoms. The van der Waals surface area contributed by atoms with Gasteiger partial charge in [0.15, 0.2) is 0 Å². The highest BCUT2D eigenvalue weighted by Crippen LogP contribution is 2.28. The van der Waals surface area contributed by atoms with Gasteiger partial charge in [0, 0.05) is 18.3 Å². The standard InChI is InChI=1S/C12H17ClN2O/c1-15-6-5-10(8-15)14-9-3-4-12(16-2)11(13)7-9/h3-4,7,10,14H,5-6,8H2,1-2H3. The summed E-state index contributed by atoms with van der Waals surface area (Å²) in [7, 11) is 3.77. The van der Waals surface area contributed by atoms with Gasteiger partial charge in [0.2, 0.25) is 0 Å². The van der Waals surface area contributed by atoms with Gasteiger partial charge in [-0.25, -0.2) is 0 Å². The Kier molecular flexibility index (Phi) is 3.56. The average molecular weight is 241 g/mol. The first-order valence-corrected chi connectivity index (χ1v) is 5.85. The zero-order chi connectivity index (χ0) is 11.5. The second-order valence-electron chi connectivity index (χ2n) is 4.24. The van der Waals surface area contributed by atoms with Crippen LogP contribution < -0.4 is 10.1 Å². The van der Waals surface area contributed by atoms with Crippen molar-refractivity contribution in [2.45, 2.75) is 12.5 Å². The van der Waals surface area contributed by atoms with E-state index in [1.807, 2.05) is 18.2 Å². The van der Waals surface area contributed by atoms with E-state index in [0.29, 0.717) is 11.1 Å². The molecule has 1 fully saturated rings. The largest absolute Gasteiger partial charge is 0.495 e. The van der Waals surface area contributed by atoms with E-state index in [1.165, 1.54) is 6.42 Å². The first kappa shape index (κ1) is 11.6. The molecule has 3 nitrogen and oxygen atoms in total. The molecule has 1 aliphatic heterocycles. The summed E-state index contributed by atoms with van der Waals surface area (Å²) in [6.07, 6.45) is 1.18. The van der Waals surface area contributed by atoms with Gasteiger partial charge in [-0.3, -0.25) is 0 Å². The van der Waals surface area contributed by atoms with Gasteiger partial charge in [-0.1, -0.05) is 11.6 Å². The fourth-order valence-electron chi connectivity index (χ4n) is 2.04. The highest BCUT2D eigenvalue weighted by molar-refractivity contribution is 6.32. The molecule has 0 aromatic heterocycles. The zero-order valence-corrected chi connectivity index (χ0v) is 10.4. The number of likely N-dealkylation sites (N-methyl/N-ethyl adjacent to an activating group) is 1. The monoisotopic (exact) mass is 240 g/mol. The van der Waals surface area contributed by atoms with Crippen molar-refractivity contribution in [1.29, 1.82) is 0 Å². The molecule has 1 unspecified atom stereocenters. The molecule has 0 radical (unpaired) electrons. The molecule has 88 valence electrons. The number of benzene rings is 1. The summed E-state index contributed by atoms with van der Waals surface area (Å²) < 4.78 is 5.12. The second kappa shape index (κ2) is 4.93. The summed E-state index contributed by atoms with van der Waals surface area (Å²) in [6, 6.07) is 6.33. The maximum atomic E-state index is 6.07. The topological polar surface area (TPSA) is 24.5 Å². The van der Waals surface area contributed by atoms with Crippen LogP contribution in [-0.2, 0) is 0 Å². The molecule has 16 heavy (non-hydrogen) atoms. The smallest absolute Gasteiger partial charge is 0.137 e. The van der Waals surface area contributed by atoms with Crippen LogP contribution in [0.1, 0.15) is 6.42 Å². The summed E-state index contributed by atoms with van der Waals surface area (Å²) in [5.41, 5.74) is 1.06. The molecular formula is C12H17ClN2O. The van der Waals surface area contributed by atoms with Crippen LogP contribution in [-0.4, -0.2) is 38.2 Å². The van der Waals surface area contributed by atoms with Gasteiger partial charge in [0.05, 0.1) is 12.1 Å². The first-order chi connectivity index (χ1) is 7.69. The van der Waals surface area contributed by atoms with Crippen molar-refractivity contribution in [3.05, 3.63) is 23.2 Å². The number of halogens is 1. The molecule has 1 atom stereocenters. The number of likely N-dealkylation sites (tertiary alicyclic amines) is 1. The van der Waals surface area contributed by atoms with Crippen molar-refractivity contribution in [3.8, 4) is 5.75 Å². The van der Waals surface area contributed by atoms with Gasteiger partial charge >= 0.3 is 0 Å². The van der Waals surface area contributed by atoms with E-state index in [4.69, 9.17) is 16.3 Å². The number of anilines is 1. The van der Waals surface area contributed by atoms with Crippen molar-refractivity contribution in [1.82, 2.24) is 4.90 Å². The SMILES string of the molecule is COc1ccc(NC2CCN(C)C2)cc1Cl. The molecule has 1 heterocycles. The number of hydrogen-bond donors (Lipinski definition) is 1. The van der Waals surface area contributed by atoms with E-state index >= 15 is 0 Å². The normalized spacial score (nSPS) is 21.1. The maximum Gasteiger partial charge on any atom is 0.137 e. The third-order valence-electron chi connectivity index (χ3n) is 2.91. The lowest BCUT2D eigenvalue weighted by molar-refractivity contribution is 0.413. The fourth-order valence-corrected chi connectivity index (χ4v) is 2.30. The number of methoxy groups -OCH3 is 1. The summed E-state index contributed by atoms with van der Waals surface area (Å²) in [5, 5.41) is 4.13. The quantitative estimate of drug-likeness (QED) is 0.879. The van der Waals surface area contributed by atoms with E-state index in [1.54, 1.807) is 7.11 Å². The van der Waals surface area contributed by atoms with Gasteiger partial charge in [0.1, 0.15) is 5.75 Å². The molecule has 0 bridgehead atoms. The predicted molar refractivity (Wildman–Crippen MR) is 67.5 cm³/mol. The summed E-state index contributed by atoms with van der Waals surface area (Å²) in [6.45, 7) is 2.24. The summed E-state index contributed by atoms with van der Waals surface area (Å²) in [4.78, 5) is 2.32. The van der Waals surface area contributed by atoms with Gasteiger partial charge in [-0.05, 0) is 38.2 Å². The highest BCUT2D eigenvalue weighted by atomic mass is 35.5. The molecule has 1 aromatic carbocycles. The Morgan fingerprint density at radius 1 is 1.50 bits per heavy atom. The lowest BCUT2D eigenvalue weighted by Crippen LogP contribution is -2.23. The molecule has 2 rings (SSSR count). The molecule has 0 amide bonds. The van der Waals surface area contributed by atoms with Gasteiger partial charge in [-0.2, -0.15) is 0 Å². The lowest BCUT2D eigenvalue weighted by Gasteiger charge is -2.15. The van der Waals surface area contributed by atoms with Crippen LogP contribution in [0.4, 0.5) is 5.69 Å². The summed E-state index contributed by atoms with van der Waals surface area (Å²) in [5.74, 6) is 0.718. The van der Waals surface area contributed by atoms with Crippen molar-refractivity contribution in [2.75, 3.05) is 32.6 Å². The van der Waals surface area contributed by atoms with Crippen LogP contribution in [0, 0.1) is 0 Å². The van der Waals surface area contributed by atoms with Crippen molar-refractivity contribution in [3.63, 3.8) is 0 Å². The molecule has 0 aliphatic carbocycles. The highest BCUT2D eigenvalue weighted by Gasteiger charge is 2.19. The van der Waals surface area contributed by atoms with E-state index in [-0.39, 0.29) is 0 Å². The van der Waals surface area contributed by atoms with Crippen LogP contribution in [0.25, 0.3) is 0 Å². The Labute approximate surface area is 101 Å². The van der Waals surface area contributed by atoms with Gasteiger partial charge < -0.3 is 15.0 Å². The number of rotatable bonds is 3. The van der Waals surface area contributed by atoms with Crippen LogP contribution in [0.5, 0.6) is 5.75 Å². The third kappa shape index (κ3) is 2.60. The zero-order valence-electron chi connectivity index (χ0n) is 9.66. The Hall–Kier alpha value is -0.930. The Bertz CT molecular complexity index is 370. The molecule has 1 aromatic rings. The Balaban J connectivity index is 2.02. The van der Waals surface area contributed by atoms with E-state index in [2.05, 4.69) is 17.3 Å². The van der Waals surface area contributed by atoms with Gasteiger partial charge in [0.25, 0.3) is 0 Å². The molecule has 1 saturated heterocycles. The first-order valence-electron chi connectivity index (χ1n) is 5.47. The predicted octanol–water partition coefficient (Wildman–Crippen LogP) is 2.46. The molecule has 1 N–H and O–H groups in total.